The van der Waals surface area contributed by atoms with Crippen molar-refractivity contribution < 1.29 is 31.1 Å². The largest absolute Gasteiger partial charge is 0.479 e. The van der Waals surface area contributed by atoms with Crippen molar-refractivity contribution in [3.8, 4) is 5.75 Å². The van der Waals surface area contributed by atoms with E-state index in [1.807, 2.05) is 0 Å². The summed E-state index contributed by atoms with van der Waals surface area (Å²) in [6, 6.07) is 7.39. The standard InChI is InChI=1S/C16H13F3N2O4S/c1-9-15(22)20-13-8-11(4-7-14(13)25-9)21-26(23,24)12-5-2-10(3-6-12)16(17,18)19/h2-9,21H,1H3,(H,20,22)/t9-/m1/s1. The molecule has 1 aliphatic heterocycles. The van der Waals surface area contributed by atoms with E-state index >= 15 is 0 Å². The van der Waals surface area contributed by atoms with E-state index < -0.39 is 27.9 Å². The topological polar surface area (TPSA) is 84.5 Å². The SMILES string of the molecule is C[C@H]1Oc2ccc(NS(=O)(=O)c3ccc(C(F)(F)F)cc3)cc2NC1=O. The second kappa shape index (κ2) is 6.20. The molecule has 2 aromatic rings. The number of nitrogens with one attached hydrogen (secondary N) is 2. The zero-order valence-electron chi connectivity index (χ0n) is 13.3. The van der Waals surface area contributed by atoms with Crippen LogP contribution in [0.2, 0.25) is 0 Å². The average Bonchev–Trinajstić information content (AvgIpc) is 2.55. The molecule has 0 aliphatic carbocycles. The first-order chi connectivity index (χ1) is 12.1. The lowest BCUT2D eigenvalue weighted by Gasteiger charge is -2.23. The lowest BCUT2D eigenvalue weighted by molar-refractivity contribution is -0.137. The van der Waals surface area contributed by atoms with Crippen molar-refractivity contribution >= 4 is 27.3 Å². The maximum atomic E-state index is 12.6. The van der Waals surface area contributed by atoms with Crippen molar-refractivity contribution in [3.05, 3.63) is 48.0 Å². The number of fused-ring (bicyclic) bond motifs is 1. The van der Waals surface area contributed by atoms with Crippen LogP contribution >= 0.6 is 0 Å². The molecule has 1 aliphatic rings. The normalized spacial score (nSPS) is 17.1. The Bertz CT molecular complexity index is 956. The van der Waals surface area contributed by atoms with Crippen LogP contribution in [-0.2, 0) is 21.0 Å². The number of amides is 1. The van der Waals surface area contributed by atoms with Gasteiger partial charge in [-0.15, -0.1) is 0 Å². The summed E-state index contributed by atoms with van der Waals surface area (Å²) >= 11 is 0. The molecule has 2 N–H and O–H groups in total. The highest BCUT2D eigenvalue weighted by Gasteiger charge is 2.30. The third-order valence-corrected chi connectivity index (χ3v) is 5.05. The van der Waals surface area contributed by atoms with Crippen molar-refractivity contribution in [2.45, 2.75) is 24.1 Å². The van der Waals surface area contributed by atoms with Gasteiger partial charge in [-0.1, -0.05) is 0 Å². The van der Waals surface area contributed by atoms with Crippen molar-refractivity contribution in [3.63, 3.8) is 0 Å². The van der Waals surface area contributed by atoms with Crippen LogP contribution in [0, 0.1) is 0 Å². The van der Waals surface area contributed by atoms with E-state index in [9.17, 15) is 26.4 Å². The van der Waals surface area contributed by atoms with Gasteiger partial charge in [-0.05, 0) is 49.4 Å². The van der Waals surface area contributed by atoms with Crippen LogP contribution in [0.15, 0.2) is 47.4 Å². The predicted octanol–water partition coefficient (Wildman–Crippen LogP) is 3.23. The van der Waals surface area contributed by atoms with Crippen molar-refractivity contribution in [1.82, 2.24) is 0 Å². The van der Waals surface area contributed by atoms with Gasteiger partial charge in [0.1, 0.15) is 5.75 Å². The number of alkyl halides is 3. The molecular weight excluding hydrogens is 373 g/mol. The van der Waals surface area contributed by atoms with Crippen LogP contribution in [0.25, 0.3) is 0 Å². The number of rotatable bonds is 3. The van der Waals surface area contributed by atoms with Gasteiger partial charge < -0.3 is 10.1 Å². The number of halogens is 3. The highest BCUT2D eigenvalue weighted by molar-refractivity contribution is 7.92. The maximum Gasteiger partial charge on any atom is 0.416 e. The molecule has 10 heteroatoms. The third kappa shape index (κ3) is 3.59. The summed E-state index contributed by atoms with van der Waals surface area (Å²) in [5, 5.41) is 2.58. The molecule has 26 heavy (non-hydrogen) atoms. The van der Waals surface area contributed by atoms with Crippen LogP contribution in [0.1, 0.15) is 12.5 Å². The van der Waals surface area contributed by atoms with E-state index in [0.29, 0.717) is 23.6 Å². The van der Waals surface area contributed by atoms with E-state index in [2.05, 4.69) is 10.0 Å². The lowest BCUT2D eigenvalue weighted by Crippen LogP contribution is -2.34. The molecule has 0 unspecified atom stereocenters. The molecule has 0 saturated carbocycles. The number of sulfonamides is 1. The van der Waals surface area contributed by atoms with E-state index in [1.165, 1.54) is 18.2 Å². The van der Waals surface area contributed by atoms with E-state index in [1.54, 1.807) is 6.92 Å². The molecule has 3 rings (SSSR count). The van der Waals surface area contributed by atoms with Gasteiger partial charge in [0.15, 0.2) is 6.10 Å². The van der Waals surface area contributed by atoms with Gasteiger partial charge in [0.25, 0.3) is 15.9 Å². The zero-order valence-corrected chi connectivity index (χ0v) is 14.1. The zero-order chi connectivity index (χ0) is 19.1. The Hall–Kier alpha value is -2.75. The molecule has 1 amide bonds. The second-order valence-corrected chi connectivity index (χ2v) is 7.27. The number of benzene rings is 2. The first-order valence-electron chi connectivity index (χ1n) is 7.38. The molecule has 0 radical (unpaired) electrons. The van der Waals surface area contributed by atoms with E-state index in [4.69, 9.17) is 4.74 Å². The molecule has 0 saturated heterocycles. The minimum absolute atomic E-state index is 0.127. The first kappa shape index (κ1) is 18.1. The van der Waals surface area contributed by atoms with Crippen molar-refractivity contribution in [1.29, 1.82) is 0 Å². The smallest absolute Gasteiger partial charge is 0.416 e. The molecule has 2 aromatic carbocycles. The summed E-state index contributed by atoms with van der Waals surface area (Å²) in [6.07, 6.45) is -5.22. The predicted molar refractivity (Wildman–Crippen MR) is 87.4 cm³/mol. The quantitative estimate of drug-likeness (QED) is 0.848. The summed E-state index contributed by atoms with van der Waals surface area (Å²) in [4.78, 5) is 11.3. The fourth-order valence-corrected chi connectivity index (χ4v) is 3.36. The Morgan fingerprint density at radius 1 is 1.12 bits per heavy atom. The molecule has 0 fully saturated rings. The maximum absolute atomic E-state index is 12.6. The van der Waals surface area contributed by atoms with Crippen LogP contribution in [0.4, 0.5) is 24.5 Å². The molecule has 0 bridgehead atoms. The van der Waals surface area contributed by atoms with Gasteiger partial charge in [0.05, 0.1) is 21.8 Å². The van der Waals surface area contributed by atoms with Gasteiger partial charge in [-0.25, -0.2) is 8.42 Å². The van der Waals surface area contributed by atoms with Crippen LogP contribution in [-0.4, -0.2) is 20.4 Å². The molecule has 138 valence electrons. The highest BCUT2D eigenvalue weighted by Crippen LogP contribution is 2.33. The van der Waals surface area contributed by atoms with E-state index in [0.717, 1.165) is 12.1 Å². The summed E-state index contributed by atoms with van der Waals surface area (Å²) in [6.45, 7) is 1.57. The average molecular weight is 386 g/mol. The highest BCUT2D eigenvalue weighted by atomic mass is 32.2. The molecule has 0 aromatic heterocycles. The Morgan fingerprint density at radius 2 is 1.77 bits per heavy atom. The lowest BCUT2D eigenvalue weighted by atomic mass is 10.2. The summed E-state index contributed by atoms with van der Waals surface area (Å²) in [5.74, 6) is 0.00910. The van der Waals surface area contributed by atoms with E-state index in [-0.39, 0.29) is 16.5 Å². The van der Waals surface area contributed by atoms with Crippen LogP contribution in [0.3, 0.4) is 0 Å². The first-order valence-corrected chi connectivity index (χ1v) is 8.86. The fourth-order valence-electron chi connectivity index (χ4n) is 2.31. The third-order valence-electron chi connectivity index (χ3n) is 3.65. The van der Waals surface area contributed by atoms with Crippen LogP contribution in [0.5, 0.6) is 5.75 Å². The number of carbonyl (C=O) groups excluding carboxylic acids is 1. The minimum Gasteiger partial charge on any atom is -0.479 e. The Balaban J connectivity index is 1.84. The number of hydrogen-bond acceptors (Lipinski definition) is 4. The number of anilines is 2. The summed E-state index contributed by atoms with van der Waals surface area (Å²) in [7, 11) is -4.10. The molecular formula is C16H13F3N2O4S. The van der Waals surface area contributed by atoms with Gasteiger partial charge in [0, 0.05) is 0 Å². The van der Waals surface area contributed by atoms with Crippen molar-refractivity contribution in [2.75, 3.05) is 10.0 Å². The summed E-state index contributed by atoms with van der Waals surface area (Å²) < 4.78 is 70.0. The monoisotopic (exact) mass is 386 g/mol. The fraction of sp³-hybridized carbons (Fsp3) is 0.188. The van der Waals surface area contributed by atoms with Gasteiger partial charge >= 0.3 is 6.18 Å². The summed E-state index contributed by atoms with van der Waals surface area (Å²) in [5.41, 5.74) is -0.526. The number of carbonyl (C=O) groups is 1. The Kier molecular flexibility index (Phi) is 4.31. The molecule has 1 atom stereocenters. The molecule has 0 spiro atoms. The Morgan fingerprint density at radius 3 is 2.38 bits per heavy atom. The van der Waals surface area contributed by atoms with Gasteiger partial charge in [-0.3, -0.25) is 9.52 Å². The van der Waals surface area contributed by atoms with Crippen LogP contribution < -0.4 is 14.8 Å². The minimum atomic E-state index is -4.55. The van der Waals surface area contributed by atoms with Crippen molar-refractivity contribution in [2.24, 2.45) is 0 Å². The molecule has 6 nitrogen and oxygen atoms in total. The number of ether oxygens (including phenoxy) is 1. The van der Waals surface area contributed by atoms with Gasteiger partial charge in [0.2, 0.25) is 0 Å². The Labute approximate surface area is 147 Å². The number of hydrogen-bond donors (Lipinski definition) is 2. The molecule has 1 heterocycles. The van der Waals surface area contributed by atoms with Gasteiger partial charge in [-0.2, -0.15) is 13.2 Å². The second-order valence-electron chi connectivity index (χ2n) is 5.59.